The van der Waals surface area contributed by atoms with Crippen molar-refractivity contribution in [1.29, 1.82) is 0 Å². The number of hydrogen-bond acceptors (Lipinski definition) is 2. The molecule has 2 aliphatic rings. The zero-order chi connectivity index (χ0) is 8.82. The lowest BCUT2D eigenvalue weighted by Gasteiger charge is -2.50. The molecular formula is C10H18O2. The number of ether oxygens (including phenoxy) is 1. The molecule has 2 fully saturated rings. The first-order valence-electron chi connectivity index (χ1n) is 4.78. The van der Waals surface area contributed by atoms with E-state index in [9.17, 15) is 0 Å². The van der Waals surface area contributed by atoms with E-state index in [0.717, 1.165) is 13.0 Å². The molecule has 1 atom stereocenters. The molecule has 70 valence electrons. The van der Waals surface area contributed by atoms with Gasteiger partial charge in [-0.25, -0.2) is 0 Å². The van der Waals surface area contributed by atoms with Crippen LogP contribution in [0.5, 0.6) is 0 Å². The summed E-state index contributed by atoms with van der Waals surface area (Å²) in [4.78, 5) is 0. The van der Waals surface area contributed by atoms with E-state index in [1.165, 1.54) is 12.8 Å². The van der Waals surface area contributed by atoms with Crippen molar-refractivity contribution < 1.29 is 9.84 Å². The van der Waals surface area contributed by atoms with Crippen molar-refractivity contribution in [3.8, 4) is 0 Å². The third-order valence-corrected chi connectivity index (χ3v) is 3.20. The van der Waals surface area contributed by atoms with E-state index in [2.05, 4.69) is 13.8 Å². The molecular weight excluding hydrogens is 152 g/mol. The van der Waals surface area contributed by atoms with Crippen molar-refractivity contribution in [1.82, 2.24) is 0 Å². The first kappa shape index (κ1) is 8.52. The molecule has 1 saturated heterocycles. The summed E-state index contributed by atoms with van der Waals surface area (Å²) in [6.45, 7) is 5.69. The third-order valence-electron chi connectivity index (χ3n) is 3.20. The van der Waals surface area contributed by atoms with E-state index in [-0.39, 0.29) is 12.7 Å². The molecule has 0 aromatic heterocycles. The molecule has 1 aliphatic carbocycles. The summed E-state index contributed by atoms with van der Waals surface area (Å²) < 4.78 is 5.50. The van der Waals surface area contributed by atoms with Gasteiger partial charge in [-0.05, 0) is 30.1 Å². The SMILES string of the molecule is CC1(C)CC2(COC(CO)C2)C1. The third kappa shape index (κ3) is 1.27. The molecule has 1 unspecified atom stereocenters. The van der Waals surface area contributed by atoms with Gasteiger partial charge in [0.2, 0.25) is 0 Å². The minimum Gasteiger partial charge on any atom is -0.394 e. The molecule has 2 heteroatoms. The highest BCUT2D eigenvalue weighted by Crippen LogP contribution is 2.58. The Morgan fingerprint density at radius 3 is 2.50 bits per heavy atom. The van der Waals surface area contributed by atoms with Crippen LogP contribution in [0.1, 0.15) is 33.1 Å². The van der Waals surface area contributed by atoms with Crippen LogP contribution in [-0.2, 0) is 4.74 Å². The lowest BCUT2D eigenvalue weighted by molar-refractivity contribution is -0.0222. The molecule has 2 nitrogen and oxygen atoms in total. The second kappa shape index (κ2) is 2.46. The summed E-state index contributed by atoms with van der Waals surface area (Å²) in [5.74, 6) is 0. The normalized spacial score (nSPS) is 36.8. The summed E-state index contributed by atoms with van der Waals surface area (Å²) >= 11 is 0. The van der Waals surface area contributed by atoms with Crippen molar-refractivity contribution in [2.45, 2.75) is 39.2 Å². The van der Waals surface area contributed by atoms with Gasteiger partial charge in [0, 0.05) is 0 Å². The fourth-order valence-corrected chi connectivity index (χ4v) is 3.24. The maximum Gasteiger partial charge on any atom is 0.0812 e. The molecule has 0 aromatic rings. The molecule has 0 amide bonds. The zero-order valence-corrected chi connectivity index (χ0v) is 7.97. The van der Waals surface area contributed by atoms with Gasteiger partial charge in [0.25, 0.3) is 0 Å². The first-order chi connectivity index (χ1) is 5.55. The van der Waals surface area contributed by atoms with Gasteiger partial charge in [-0.3, -0.25) is 0 Å². The van der Waals surface area contributed by atoms with Gasteiger partial charge in [-0.1, -0.05) is 13.8 Å². The van der Waals surface area contributed by atoms with Crippen molar-refractivity contribution >= 4 is 0 Å². The summed E-state index contributed by atoms with van der Waals surface area (Å²) in [7, 11) is 0. The van der Waals surface area contributed by atoms with Gasteiger partial charge in [-0.15, -0.1) is 0 Å². The molecule has 1 spiro atoms. The number of hydrogen-bond donors (Lipinski definition) is 1. The Labute approximate surface area is 73.9 Å². The highest BCUT2D eigenvalue weighted by molar-refractivity contribution is 5.02. The van der Waals surface area contributed by atoms with E-state index in [1.807, 2.05) is 0 Å². The highest BCUT2D eigenvalue weighted by Gasteiger charge is 2.53. The highest BCUT2D eigenvalue weighted by atomic mass is 16.5. The number of aliphatic hydroxyl groups excluding tert-OH is 1. The first-order valence-corrected chi connectivity index (χ1v) is 4.78. The Hall–Kier alpha value is -0.0800. The van der Waals surface area contributed by atoms with Gasteiger partial charge >= 0.3 is 0 Å². The maximum atomic E-state index is 8.92. The van der Waals surface area contributed by atoms with Crippen molar-refractivity contribution in [2.75, 3.05) is 13.2 Å². The van der Waals surface area contributed by atoms with Gasteiger partial charge in [-0.2, -0.15) is 0 Å². The second-order valence-corrected chi connectivity index (χ2v) is 5.34. The van der Waals surface area contributed by atoms with Crippen LogP contribution in [0.2, 0.25) is 0 Å². The zero-order valence-electron chi connectivity index (χ0n) is 7.97. The van der Waals surface area contributed by atoms with Crippen LogP contribution >= 0.6 is 0 Å². The Morgan fingerprint density at radius 1 is 1.42 bits per heavy atom. The average Bonchev–Trinajstić information content (AvgIpc) is 2.29. The van der Waals surface area contributed by atoms with Crippen molar-refractivity contribution in [2.24, 2.45) is 10.8 Å². The van der Waals surface area contributed by atoms with Gasteiger partial charge in [0.15, 0.2) is 0 Å². The molecule has 0 aromatic carbocycles. The molecule has 0 bridgehead atoms. The minimum absolute atomic E-state index is 0.126. The summed E-state index contributed by atoms with van der Waals surface area (Å²) in [6.07, 6.45) is 3.75. The van der Waals surface area contributed by atoms with Crippen LogP contribution in [0, 0.1) is 10.8 Å². The van der Waals surface area contributed by atoms with E-state index < -0.39 is 0 Å². The molecule has 1 aliphatic heterocycles. The van der Waals surface area contributed by atoms with Crippen LogP contribution in [0.15, 0.2) is 0 Å². The Bertz CT molecular complexity index is 178. The Balaban J connectivity index is 1.92. The van der Waals surface area contributed by atoms with Crippen LogP contribution in [0.3, 0.4) is 0 Å². The molecule has 12 heavy (non-hydrogen) atoms. The lowest BCUT2D eigenvalue weighted by Crippen LogP contribution is -2.43. The Morgan fingerprint density at radius 2 is 2.08 bits per heavy atom. The van der Waals surface area contributed by atoms with E-state index in [0.29, 0.717) is 10.8 Å². The van der Waals surface area contributed by atoms with E-state index in [4.69, 9.17) is 9.84 Å². The summed E-state index contributed by atoms with van der Waals surface area (Å²) in [5, 5.41) is 8.92. The lowest BCUT2D eigenvalue weighted by atomic mass is 9.54. The largest absolute Gasteiger partial charge is 0.394 e. The predicted octanol–water partition coefficient (Wildman–Crippen LogP) is 1.57. The fraction of sp³-hybridized carbons (Fsp3) is 1.00. The van der Waals surface area contributed by atoms with Crippen LogP contribution in [0.25, 0.3) is 0 Å². The van der Waals surface area contributed by atoms with Crippen molar-refractivity contribution in [3.05, 3.63) is 0 Å². The minimum atomic E-state index is 0.126. The molecule has 1 saturated carbocycles. The standard InChI is InChI=1S/C10H18O2/c1-9(2)5-10(6-9)3-8(4-11)12-7-10/h8,11H,3-7H2,1-2H3. The quantitative estimate of drug-likeness (QED) is 0.647. The summed E-state index contributed by atoms with van der Waals surface area (Å²) in [6, 6.07) is 0. The molecule has 2 rings (SSSR count). The summed E-state index contributed by atoms with van der Waals surface area (Å²) in [5.41, 5.74) is 0.963. The van der Waals surface area contributed by atoms with Crippen molar-refractivity contribution in [3.63, 3.8) is 0 Å². The Kier molecular flexibility index (Phi) is 1.74. The van der Waals surface area contributed by atoms with Crippen LogP contribution in [-0.4, -0.2) is 24.4 Å². The maximum absolute atomic E-state index is 8.92. The van der Waals surface area contributed by atoms with E-state index in [1.54, 1.807) is 0 Å². The molecule has 0 radical (unpaired) electrons. The predicted molar refractivity (Wildman–Crippen MR) is 46.9 cm³/mol. The average molecular weight is 170 g/mol. The van der Waals surface area contributed by atoms with Crippen LogP contribution < -0.4 is 0 Å². The van der Waals surface area contributed by atoms with Crippen LogP contribution in [0.4, 0.5) is 0 Å². The van der Waals surface area contributed by atoms with Gasteiger partial charge < -0.3 is 9.84 Å². The smallest absolute Gasteiger partial charge is 0.0812 e. The van der Waals surface area contributed by atoms with Gasteiger partial charge in [0.1, 0.15) is 0 Å². The van der Waals surface area contributed by atoms with Gasteiger partial charge in [0.05, 0.1) is 19.3 Å². The monoisotopic (exact) mass is 170 g/mol. The van der Waals surface area contributed by atoms with E-state index >= 15 is 0 Å². The second-order valence-electron chi connectivity index (χ2n) is 5.34. The number of aliphatic hydroxyl groups is 1. The molecule has 1 heterocycles. The topological polar surface area (TPSA) is 29.5 Å². The fourth-order valence-electron chi connectivity index (χ4n) is 3.24. The number of rotatable bonds is 1. The molecule has 1 N–H and O–H groups in total.